The van der Waals surface area contributed by atoms with E-state index in [1.165, 1.54) is 5.56 Å². The number of carbonyl (C=O) groups excluding carboxylic acids is 1. The van der Waals surface area contributed by atoms with E-state index in [0.717, 1.165) is 29.1 Å². The molecule has 0 aliphatic heterocycles. The van der Waals surface area contributed by atoms with Gasteiger partial charge >= 0.3 is 0 Å². The van der Waals surface area contributed by atoms with Crippen molar-refractivity contribution in [2.24, 2.45) is 0 Å². The van der Waals surface area contributed by atoms with E-state index in [1.54, 1.807) is 6.07 Å². The summed E-state index contributed by atoms with van der Waals surface area (Å²) in [5, 5.41) is 14.5. The molecule has 1 aromatic carbocycles. The topological polar surface area (TPSA) is 75.6 Å². The smallest absolute Gasteiger partial charge is 0.269 e. The number of hydrogen-bond donors (Lipinski definition) is 2. The second-order valence-electron chi connectivity index (χ2n) is 6.65. The number of aromatic nitrogens is 4. The summed E-state index contributed by atoms with van der Waals surface area (Å²) in [6.07, 6.45) is 1.00. The minimum atomic E-state index is -0.165. The Kier molecular flexibility index (Phi) is 5.21. The van der Waals surface area contributed by atoms with Gasteiger partial charge in [0.1, 0.15) is 5.69 Å². The van der Waals surface area contributed by atoms with E-state index in [4.69, 9.17) is 0 Å². The van der Waals surface area contributed by atoms with E-state index < -0.39 is 0 Å². The first-order valence-electron chi connectivity index (χ1n) is 8.93. The van der Waals surface area contributed by atoms with Crippen molar-refractivity contribution in [3.05, 3.63) is 59.0 Å². The minimum absolute atomic E-state index is 0.0802. The highest BCUT2D eigenvalue weighted by molar-refractivity contribution is 5.93. The number of benzene rings is 1. The maximum atomic E-state index is 12.4. The van der Waals surface area contributed by atoms with Gasteiger partial charge in [0.2, 0.25) is 0 Å². The number of hydrogen-bond acceptors (Lipinski definition) is 3. The number of H-pyrrole nitrogens is 1. The fraction of sp³-hybridized carbons (Fsp3) is 0.350. The molecule has 6 nitrogen and oxygen atoms in total. The molecule has 136 valence electrons. The maximum absolute atomic E-state index is 12.4. The Morgan fingerprint density at radius 3 is 2.58 bits per heavy atom. The zero-order valence-corrected chi connectivity index (χ0v) is 15.7. The molecule has 0 aliphatic rings. The molecule has 2 aromatic heterocycles. The van der Waals surface area contributed by atoms with Crippen molar-refractivity contribution in [1.82, 2.24) is 25.3 Å². The molecule has 0 fully saturated rings. The van der Waals surface area contributed by atoms with E-state index in [1.807, 2.05) is 43.7 Å². The lowest BCUT2D eigenvalue weighted by molar-refractivity contribution is 0.0942. The first kappa shape index (κ1) is 17.9. The van der Waals surface area contributed by atoms with Gasteiger partial charge in [-0.3, -0.25) is 14.6 Å². The van der Waals surface area contributed by atoms with Crippen molar-refractivity contribution < 1.29 is 4.79 Å². The van der Waals surface area contributed by atoms with Gasteiger partial charge in [-0.1, -0.05) is 31.2 Å². The molecule has 0 saturated carbocycles. The van der Waals surface area contributed by atoms with Crippen molar-refractivity contribution in [2.45, 2.75) is 40.2 Å². The number of aromatic amines is 1. The molecule has 0 unspecified atom stereocenters. The predicted molar refractivity (Wildman–Crippen MR) is 102 cm³/mol. The van der Waals surface area contributed by atoms with Gasteiger partial charge in [-0.05, 0) is 44.9 Å². The summed E-state index contributed by atoms with van der Waals surface area (Å²) in [6.45, 7) is 8.64. The highest BCUT2D eigenvalue weighted by Crippen LogP contribution is 2.18. The number of aryl methyl sites for hydroxylation is 3. The van der Waals surface area contributed by atoms with Crippen LogP contribution < -0.4 is 5.32 Å². The van der Waals surface area contributed by atoms with Gasteiger partial charge in [0.15, 0.2) is 0 Å². The molecule has 0 radical (unpaired) electrons. The summed E-state index contributed by atoms with van der Waals surface area (Å²) in [5.74, 6) is -0.165. The van der Waals surface area contributed by atoms with E-state index >= 15 is 0 Å². The van der Waals surface area contributed by atoms with Gasteiger partial charge in [-0.15, -0.1) is 0 Å². The Bertz CT molecular complexity index is 891. The predicted octanol–water partition coefficient (Wildman–Crippen LogP) is 3.44. The van der Waals surface area contributed by atoms with Crippen LogP contribution in [0.2, 0.25) is 0 Å². The highest BCUT2D eigenvalue weighted by Gasteiger charge is 2.14. The van der Waals surface area contributed by atoms with Crippen molar-refractivity contribution in [2.75, 3.05) is 6.54 Å². The van der Waals surface area contributed by atoms with E-state index in [2.05, 4.69) is 39.7 Å². The molecular formula is C20H25N5O. The van der Waals surface area contributed by atoms with Crippen LogP contribution in [0.15, 0.2) is 36.4 Å². The standard InChI is InChI=1S/C20H25N5O/c1-5-16-6-8-17(9-7-16)18-11-19(23-22-18)20(26)21-12-15(4)25-14(3)10-13(2)24-25/h6-11,15H,5,12H2,1-4H3,(H,21,26)(H,22,23)/t15-/m1/s1. The molecule has 3 aromatic rings. The van der Waals surface area contributed by atoms with Crippen LogP contribution in [-0.2, 0) is 6.42 Å². The summed E-state index contributed by atoms with van der Waals surface area (Å²) in [5.41, 5.74) is 5.56. The molecule has 26 heavy (non-hydrogen) atoms. The van der Waals surface area contributed by atoms with Crippen LogP contribution in [0.25, 0.3) is 11.3 Å². The number of nitrogens with one attached hydrogen (secondary N) is 2. The Morgan fingerprint density at radius 2 is 1.96 bits per heavy atom. The number of nitrogens with zero attached hydrogens (tertiary/aromatic N) is 3. The van der Waals surface area contributed by atoms with Crippen molar-refractivity contribution in [3.8, 4) is 11.3 Å². The van der Waals surface area contributed by atoms with Crippen LogP contribution in [0.4, 0.5) is 0 Å². The summed E-state index contributed by atoms with van der Waals surface area (Å²) >= 11 is 0. The lowest BCUT2D eigenvalue weighted by atomic mass is 10.1. The first-order valence-corrected chi connectivity index (χ1v) is 8.93. The van der Waals surface area contributed by atoms with Crippen molar-refractivity contribution in [1.29, 1.82) is 0 Å². The molecular weight excluding hydrogens is 326 g/mol. The van der Waals surface area contributed by atoms with Gasteiger partial charge in [0, 0.05) is 17.8 Å². The zero-order chi connectivity index (χ0) is 18.7. The molecule has 0 bridgehead atoms. The van der Waals surface area contributed by atoms with Crippen molar-refractivity contribution >= 4 is 5.91 Å². The van der Waals surface area contributed by atoms with Gasteiger partial charge in [0.05, 0.1) is 17.4 Å². The average Bonchev–Trinajstić information content (AvgIpc) is 3.26. The Labute approximate surface area is 153 Å². The van der Waals surface area contributed by atoms with E-state index in [-0.39, 0.29) is 11.9 Å². The average molecular weight is 351 g/mol. The largest absolute Gasteiger partial charge is 0.349 e. The highest BCUT2D eigenvalue weighted by atomic mass is 16.1. The van der Waals surface area contributed by atoms with Crippen LogP contribution in [0.3, 0.4) is 0 Å². The monoisotopic (exact) mass is 351 g/mol. The van der Waals surface area contributed by atoms with Gasteiger partial charge < -0.3 is 5.32 Å². The molecule has 1 amide bonds. The summed E-state index contributed by atoms with van der Waals surface area (Å²) < 4.78 is 1.93. The fourth-order valence-electron chi connectivity index (χ4n) is 3.01. The fourth-order valence-corrected chi connectivity index (χ4v) is 3.01. The quantitative estimate of drug-likeness (QED) is 0.714. The van der Waals surface area contributed by atoms with Crippen molar-refractivity contribution in [3.63, 3.8) is 0 Å². The maximum Gasteiger partial charge on any atom is 0.269 e. The summed E-state index contributed by atoms with van der Waals surface area (Å²) in [6, 6.07) is 12.1. The molecule has 2 N–H and O–H groups in total. The van der Waals surface area contributed by atoms with E-state index in [9.17, 15) is 4.79 Å². The molecule has 0 aliphatic carbocycles. The Balaban J connectivity index is 1.63. The molecule has 0 spiro atoms. The number of rotatable bonds is 6. The van der Waals surface area contributed by atoms with Gasteiger partial charge in [0.25, 0.3) is 5.91 Å². The second kappa shape index (κ2) is 7.56. The summed E-state index contributed by atoms with van der Waals surface area (Å²) in [7, 11) is 0. The van der Waals surface area contributed by atoms with Crippen LogP contribution in [-0.4, -0.2) is 32.4 Å². The van der Waals surface area contributed by atoms with Gasteiger partial charge in [-0.25, -0.2) is 0 Å². The Morgan fingerprint density at radius 1 is 1.23 bits per heavy atom. The lowest BCUT2D eigenvalue weighted by Gasteiger charge is -2.14. The number of carbonyl (C=O) groups is 1. The lowest BCUT2D eigenvalue weighted by Crippen LogP contribution is -2.30. The van der Waals surface area contributed by atoms with Crippen LogP contribution in [0, 0.1) is 13.8 Å². The molecule has 0 saturated heterocycles. The third-order valence-corrected chi connectivity index (χ3v) is 4.50. The first-order chi connectivity index (χ1) is 12.5. The molecule has 3 rings (SSSR count). The third kappa shape index (κ3) is 3.85. The normalized spacial score (nSPS) is 12.2. The van der Waals surface area contributed by atoms with Crippen LogP contribution >= 0.6 is 0 Å². The second-order valence-corrected chi connectivity index (χ2v) is 6.65. The zero-order valence-electron chi connectivity index (χ0n) is 15.7. The van der Waals surface area contributed by atoms with Gasteiger partial charge in [-0.2, -0.15) is 10.2 Å². The molecule has 1 atom stereocenters. The van der Waals surface area contributed by atoms with E-state index in [0.29, 0.717) is 12.2 Å². The Hall–Kier alpha value is -2.89. The molecule has 2 heterocycles. The van der Waals surface area contributed by atoms with Crippen LogP contribution in [0.5, 0.6) is 0 Å². The summed E-state index contributed by atoms with van der Waals surface area (Å²) in [4.78, 5) is 12.4. The minimum Gasteiger partial charge on any atom is -0.349 e. The molecule has 6 heteroatoms. The van der Waals surface area contributed by atoms with Crippen LogP contribution in [0.1, 0.15) is 47.3 Å². The number of amides is 1. The SMILES string of the molecule is CCc1ccc(-c2cc(C(=O)NC[C@@H](C)n3nc(C)cc3C)[nH]n2)cc1. The third-order valence-electron chi connectivity index (χ3n) is 4.50.